The highest BCUT2D eigenvalue weighted by Crippen LogP contribution is 2.29. The van der Waals surface area contributed by atoms with Gasteiger partial charge in [0.2, 0.25) is 0 Å². The normalized spacial score (nSPS) is 14.2. The monoisotopic (exact) mass is 251 g/mol. The molecule has 0 aromatic heterocycles. The van der Waals surface area contributed by atoms with Crippen molar-refractivity contribution >= 4 is 11.9 Å². The second-order valence-electron chi connectivity index (χ2n) is 4.30. The summed E-state index contributed by atoms with van der Waals surface area (Å²) in [6.07, 6.45) is 1.56. The van der Waals surface area contributed by atoms with Gasteiger partial charge in [-0.1, -0.05) is 0 Å². The number of carboxylic acids is 1. The number of nitrogens with zero attached hydrogens (tertiary/aromatic N) is 1. The summed E-state index contributed by atoms with van der Waals surface area (Å²) in [6, 6.07) is 3.46. The number of phenolic OH excluding ortho intramolecular Hbond substituents is 2. The molecule has 1 aliphatic rings. The lowest BCUT2D eigenvalue weighted by atomic mass is 10.1. The lowest BCUT2D eigenvalue weighted by molar-refractivity contribution is -0.137. The molecule has 0 saturated heterocycles. The number of hydrogen-bond acceptors (Lipinski definition) is 4. The van der Waals surface area contributed by atoms with E-state index in [0.29, 0.717) is 0 Å². The van der Waals surface area contributed by atoms with Gasteiger partial charge in [-0.25, -0.2) is 0 Å². The van der Waals surface area contributed by atoms with Crippen LogP contribution in [0.4, 0.5) is 0 Å². The van der Waals surface area contributed by atoms with Crippen LogP contribution in [-0.4, -0.2) is 44.7 Å². The number of amides is 1. The predicted molar refractivity (Wildman–Crippen MR) is 61.5 cm³/mol. The van der Waals surface area contributed by atoms with E-state index in [2.05, 4.69) is 0 Å². The van der Waals surface area contributed by atoms with Gasteiger partial charge in [0.25, 0.3) is 5.91 Å². The molecule has 2 rings (SSSR count). The standard InChI is InChI=1S/C12H13NO5/c14-9-3-7(4-10(15)5-9)12(18)13(6-11(16)17)8-1-2-8/h3-5,8,14-15H,1-2,6H2,(H,16,17). The summed E-state index contributed by atoms with van der Waals surface area (Å²) in [5.74, 6) is -2.04. The van der Waals surface area contributed by atoms with Crippen LogP contribution >= 0.6 is 0 Å². The number of benzene rings is 1. The molecule has 0 radical (unpaired) electrons. The molecule has 1 amide bonds. The third kappa shape index (κ3) is 2.71. The maximum Gasteiger partial charge on any atom is 0.323 e. The van der Waals surface area contributed by atoms with Gasteiger partial charge >= 0.3 is 5.97 Å². The van der Waals surface area contributed by atoms with E-state index in [-0.39, 0.29) is 29.6 Å². The van der Waals surface area contributed by atoms with Crippen LogP contribution in [0, 0.1) is 0 Å². The molecule has 6 heteroatoms. The van der Waals surface area contributed by atoms with E-state index >= 15 is 0 Å². The van der Waals surface area contributed by atoms with Crippen molar-refractivity contribution < 1.29 is 24.9 Å². The van der Waals surface area contributed by atoms with Crippen LogP contribution in [-0.2, 0) is 4.79 Å². The number of carboxylic acid groups (broad SMARTS) is 1. The average molecular weight is 251 g/mol. The van der Waals surface area contributed by atoms with Gasteiger partial charge < -0.3 is 20.2 Å². The van der Waals surface area contributed by atoms with Crippen LogP contribution < -0.4 is 0 Å². The van der Waals surface area contributed by atoms with Crippen molar-refractivity contribution in [2.45, 2.75) is 18.9 Å². The lowest BCUT2D eigenvalue weighted by Crippen LogP contribution is -2.37. The topological polar surface area (TPSA) is 98.1 Å². The van der Waals surface area contributed by atoms with E-state index in [9.17, 15) is 19.8 Å². The van der Waals surface area contributed by atoms with E-state index in [4.69, 9.17) is 5.11 Å². The molecule has 0 spiro atoms. The Kier molecular flexibility index (Phi) is 3.10. The van der Waals surface area contributed by atoms with Gasteiger partial charge in [0.15, 0.2) is 0 Å². The first kappa shape index (κ1) is 12.2. The summed E-state index contributed by atoms with van der Waals surface area (Å²) in [5, 5.41) is 27.4. The van der Waals surface area contributed by atoms with Gasteiger partial charge in [-0.15, -0.1) is 0 Å². The zero-order valence-corrected chi connectivity index (χ0v) is 9.54. The van der Waals surface area contributed by atoms with Crippen molar-refractivity contribution in [2.75, 3.05) is 6.54 Å². The van der Waals surface area contributed by atoms with Crippen molar-refractivity contribution in [1.29, 1.82) is 0 Å². The Hall–Kier alpha value is -2.24. The summed E-state index contributed by atoms with van der Waals surface area (Å²) >= 11 is 0. The van der Waals surface area contributed by atoms with Crippen molar-refractivity contribution in [3.63, 3.8) is 0 Å². The lowest BCUT2D eigenvalue weighted by Gasteiger charge is -2.20. The van der Waals surface area contributed by atoms with Crippen molar-refractivity contribution in [1.82, 2.24) is 4.90 Å². The minimum absolute atomic E-state index is 0.0573. The van der Waals surface area contributed by atoms with Gasteiger partial charge in [0.05, 0.1) is 0 Å². The first-order valence-corrected chi connectivity index (χ1v) is 5.53. The molecular weight excluding hydrogens is 238 g/mol. The second-order valence-corrected chi connectivity index (χ2v) is 4.30. The van der Waals surface area contributed by atoms with Crippen LogP contribution in [0.2, 0.25) is 0 Å². The molecule has 0 unspecified atom stereocenters. The molecule has 0 atom stereocenters. The summed E-state index contributed by atoms with van der Waals surface area (Å²) in [6.45, 7) is -0.375. The van der Waals surface area contributed by atoms with Gasteiger partial charge in [-0.3, -0.25) is 9.59 Å². The fourth-order valence-electron chi connectivity index (χ4n) is 1.78. The van der Waals surface area contributed by atoms with E-state index in [0.717, 1.165) is 18.9 Å². The van der Waals surface area contributed by atoms with Gasteiger partial charge in [-0.05, 0) is 25.0 Å². The Morgan fingerprint density at radius 1 is 1.17 bits per heavy atom. The maximum atomic E-state index is 12.1. The second kappa shape index (κ2) is 4.56. The Balaban J connectivity index is 2.24. The van der Waals surface area contributed by atoms with Crippen molar-refractivity contribution in [3.8, 4) is 11.5 Å². The minimum Gasteiger partial charge on any atom is -0.508 e. The largest absolute Gasteiger partial charge is 0.508 e. The third-order valence-electron chi connectivity index (χ3n) is 2.70. The van der Waals surface area contributed by atoms with Crippen LogP contribution in [0.25, 0.3) is 0 Å². The molecule has 1 saturated carbocycles. The fourth-order valence-corrected chi connectivity index (χ4v) is 1.78. The summed E-state index contributed by atoms with van der Waals surface area (Å²) in [5.41, 5.74) is 0.0839. The van der Waals surface area contributed by atoms with Gasteiger partial charge in [0, 0.05) is 17.7 Å². The fraction of sp³-hybridized carbons (Fsp3) is 0.333. The molecule has 1 aromatic rings. The van der Waals surface area contributed by atoms with E-state index in [1.807, 2.05) is 0 Å². The zero-order chi connectivity index (χ0) is 13.3. The molecule has 0 heterocycles. The van der Waals surface area contributed by atoms with Crippen molar-refractivity contribution in [2.24, 2.45) is 0 Å². The Labute approximate surface area is 103 Å². The van der Waals surface area contributed by atoms with Crippen LogP contribution in [0.1, 0.15) is 23.2 Å². The number of aromatic hydroxyl groups is 2. The first-order chi connectivity index (χ1) is 8.47. The highest BCUT2D eigenvalue weighted by atomic mass is 16.4. The summed E-state index contributed by atoms with van der Waals surface area (Å²) in [4.78, 5) is 24.1. The van der Waals surface area contributed by atoms with E-state index in [1.54, 1.807) is 0 Å². The third-order valence-corrected chi connectivity index (χ3v) is 2.70. The summed E-state index contributed by atoms with van der Waals surface area (Å²) in [7, 11) is 0. The van der Waals surface area contributed by atoms with E-state index < -0.39 is 11.9 Å². The number of carbonyl (C=O) groups is 2. The number of carbonyl (C=O) groups excluding carboxylic acids is 1. The highest BCUT2D eigenvalue weighted by Gasteiger charge is 2.34. The minimum atomic E-state index is -1.08. The Morgan fingerprint density at radius 2 is 1.72 bits per heavy atom. The zero-order valence-electron chi connectivity index (χ0n) is 9.54. The highest BCUT2D eigenvalue weighted by molar-refractivity contribution is 5.97. The number of hydrogen-bond donors (Lipinski definition) is 3. The van der Waals surface area contributed by atoms with Crippen molar-refractivity contribution in [3.05, 3.63) is 23.8 Å². The molecule has 18 heavy (non-hydrogen) atoms. The SMILES string of the molecule is O=C(O)CN(C(=O)c1cc(O)cc(O)c1)C1CC1. The summed E-state index contributed by atoms with van der Waals surface area (Å²) < 4.78 is 0. The first-order valence-electron chi connectivity index (χ1n) is 5.53. The van der Waals surface area contributed by atoms with Crippen LogP contribution in [0.5, 0.6) is 11.5 Å². The van der Waals surface area contributed by atoms with Gasteiger partial charge in [0.1, 0.15) is 18.0 Å². The maximum absolute atomic E-state index is 12.1. The Bertz CT molecular complexity index is 475. The average Bonchev–Trinajstić information content (AvgIpc) is 3.07. The molecule has 1 fully saturated rings. The molecule has 0 bridgehead atoms. The smallest absolute Gasteiger partial charge is 0.323 e. The van der Waals surface area contributed by atoms with Crippen LogP contribution in [0.3, 0.4) is 0 Å². The van der Waals surface area contributed by atoms with Crippen LogP contribution in [0.15, 0.2) is 18.2 Å². The molecule has 6 nitrogen and oxygen atoms in total. The van der Waals surface area contributed by atoms with Gasteiger partial charge in [-0.2, -0.15) is 0 Å². The van der Waals surface area contributed by atoms with E-state index in [1.165, 1.54) is 17.0 Å². The molecule has 1 aromatic carbocycles. The molecule has 0 aliphatic heterocycles. The predicted octanol–water partition coefficient (Wildman–Crippen LogP) is 0.787. The number of phenols is 2. The molecular formula is C12H13NO5. The Morgan fingerprint density at radius 3 is 2.17 bits per heavy atom. The number of rotatable bonds is 4. The quantitative estimate of drug-likeness (QED) is 0.734. The molecule has 96 valence electrons. The number of aliphatic carboxylic acids is 1. The molecule has 3 N–H and O–H groups in total. The molecule has 1 aliphatic carbocycles.